The van der Waals surface area contributed by atoms with Crippen molar-refractivity contribution in [2.45, 2.75) is 12.6 Å². The third kappa shape index (κ3) is 5.86. The monoisotopic (exact) mass is 348 g/mol. The number of nitrogens with one attached hydrogen (secondary N) is 2. The van der Waals surface area contributed by atoms with Gasteiger partial charge in [0.25, 0.3) is 5.69 Å². The second-order valence-electron chi connectivity index (χ2n) is 5.75. The van der Waals surface area contributed by atoms with E-state index in [1.54, 1.807) is 12.3 Å². The summed E-state index contributed by atoms with van der Waals surface area (Å²) in [5, 5.41) is 29.8. The summed E-state index contributed by atoms with van der Waals surface area (Å²) in [7, 11) is 3.72. The first kappa shape index (κ1) is 18.4. The highest BCUT2D eigenvalue weighted by molar-refractivity contribution is 5.99. The van der Waals surface area contributed by atoms with Gasteiger partial charge in [-0.1, -0.05) is 6.07 Å². The number of aromatic nitrogens is 2. The summed E-state index contributed by atoms with van der Waals surface area (Å²) in [6, 6.07) is 5.09. The van der Waals surface area contributed by atoms with E-state index in [1.165, 1.54) is 29.1 Å². The van der Waals surface area contributed by atoms with Gasteiger partial charge in [0.15, 0.2) is 0 Å². The molecule has 2 amide bonds. The molecule has 0 aliphatic heterocycles. The Morgan fingerprint density at radius 3 is 2.80 bits per heavy atom. The minimum atomic E-state index is -0.582. The average Bonchev–Trinajstić information content (AvgIpc) is 2.93. The molecule has 2 rings (SSSR count). The SMILES string of the molecule is CN(C)CC(O)Cn1cc(NC(=O)Nc2cccc([N+](=O)[O-])c2)cn1. The molecule has 10 heteroatoms. The number of non-ortho nitro benzene ring substituents is 1. The number of anilines is 2. The lowest BCUT2D eigenvalue weighted by atomic mass is 10.3. The predicted octanol–water partition coefficient (Wildman–Crippen LogP) is 1.36. The van der Waals surface area contributed by atoms with Gasteiger partial charge in [-0.2, -0.15) is 5.10 Å². The molecule has 0 aliphatic rings. The highest BCUT2D eigenvalue weighted by Gasteiger charge is 2.11. The van der Waals surface area contributed by atoms with E-state index < -0.39 is 17.1 Å². The molecule has 0 aliphatic carbocycles. The number of rotatable bonds is 7. The predicted molar refractivity (Wildman–Crippen MR) is 92.5 cm³/mol. The van der Waals surface area contributed by atoms with E-state index >= 15 is 0 Å². The summed E-state index contributed by atoms with van der Waals surface area (Å²) in [5.74, 6) is 0. The van der Waals surface area contributed by atoms with Gasteiger partial charge in [-0.25, -0.2) is 4.79 Å². The molecule has 0 saturated heterocycles. The maximum absolute atomic E-state index is 12.0. The Kier molecular flexibility index (Phi) is 6.03. The van der Waals surface area contributed by atoms with Crippen LogP contribution in [0.25, 0.3) is 0 Å². The molecule has 0 bridgehead atoms. The highest BCUT2D eigenvalue weighted by atomic mass is 16.6. The van der Waals surface area contributed by atoms with Crippen LogP contribution >= 0.6 is 0 Å². The number of nitro benzene ring substituents is 1. The minimum absolute atomic E-state index is 0.111. The van der Waals surface area contributed by atoms with Crippen molar-refractivity contribution in [3.63, 3.8) is 0 Å². The number of hydrogen-bond donors (Lipinski definition) is 3. The normalized spacial score (nSPS) is 12.0. The number of aliphatic hydroxyl groups excluding tert-OH is 1. The summed E-state index contributed by atoms with van der Waals surface area (Å²) in [5.41, 5.74) is 0.640. The van der Waals surface area contributed by atoms with Crippen LogP contribution in [0.5, 0.6) is 0 Å². The second kappa shape index (κ2) is 8.22. The van der Waals surface area contributed by atoms with Gasteiger partial charge in [0.05, 0.1) is 29.5 Å². The van der Waals surface area contributed by atoms with E-state index in [2.05, 4.69) is 15.7 Å². The number of nitrogens with zero attached hydrogens (tertiary/aromatic N) is 4. The highest BCUT2D eigenvalue weighted by Crippen LogP contribution is 2.17. The molecule has 10 nitrogen and oxygen atoms in total. The molecule has 2 aromatic rings. The number of hydrogen-bond acceptors (Lipinski definition) is 6. The minimum Gasteiger partial charge on any atom is -0.390 e. The molecule has 134 valence electrons. The van der Waals surface area contributed by atoms with Crippen molar-refractivity contribution in [3.05, 3.63) is 46.8 Å². The molecule has 1 atom stereocenters. The van der Waals surface area contributed by atoms with Crippen LogP contribution in [0.2, 0.25) is 0 Å². The molecular formula is C15H20N6O4. The van der Waals surface area contributed by atoms with Crippen LogP contribution in [0.4, 0.5) is 21.9 Å². The molecule has 1 unspecified atom stereocenters. The van der Waals surface area contributed by atoms with Crippen LogP contribution in [-0.2, 0) is 6.54 Å². The van der Waals surface area contributed by atoms with Crippen molar-refractivity contribution in [2.24, 2.45) is 0 Å². The van der Waals surface area contributed by atoms with Crippen molar-refractivity contribution < 1.29 is 14.8 Å². The van der Waals surface area contributed by atoms with Crippen LogP contribution in [0.1, 0.15) is 0 Å². The molecule has 0 spiro atoms. The maximum atomic E-state index is 12.0. The first-order valence-electron chi connectivity index (χ1n) is 7.51. The molecule has 1 aromatic carbocycles. The number of amides is 2. The lowest BCUT2D eigenvalue weighted by molar-refractivity contribution is -0.384. The number of likely N-dealkylation sites (N-methyl/N-ethyl adjacent to an activating group) is 1. The Morgan fingerprint density at radius 1 is 1.40 bits per heavy atom. The van der Waals surface area contributed by atoms with E-state index in [0.29, 0.717) is 24.5 Å². The fourth-order valence-electron chi connectivity index (χ4n) is 2.21. The quantitative estimate of drug-likeness (QED) is 0.512. The molecule has 1 heterocycles. The van der Waals surface area contributed by atoms with Gasteiger partial charge >= 0.3 is 6.03 Å². The summed E-state index contributed by atoms with van der Waals surface area (Å²) in [4.78, 5) is 24.0. The summed E-state index contributed by atoms with van der Waals surface area (Å²) < 4.78 is 1.52. The van der Waals surface area contributed by atoms with Crippen LogP contribution in [0.3, 0.4) is 0 Å². The van der Waals surface area contributed by atoms with Gasteiger partial charge in [0, 0.05) is 30.6 Å². The van der Waals surface area contributed by atoms with Crippen molar-refractivity contribution in [1.29, 1.82) is 0 Å². The Bertz CT molecular complexity index is 745. The van der Waals surface area contributed by atoms with E-state index in [1.807, 2.05) is 19.0 Å². The molecule has 0 radical (unpaired) electrons. The molecule has 3 N–H and O–H groups in total. The Hall–Kier alpha value is -2.98. The Balaban J connectivity index is 1.91. The van der Waals surface area contributed by atoms with E-state index in [4.69, 9.17) is 0 Å². The molecule has 0 fully saturated rings. The second-order valence-corrected chi connectivity index (χ2v) is 5.75. The van der Waals surface area contributed by atoms with Gasteiger partial charge in [-0.3, -0.25) is 14.8 Å². The van der Waals surface area contributed by atoms with E-state index in [-0.39, 0.29) is 5.69 Å². The Morgan fingerprint density at radius 2 is 2.12 bits per heavy atom. The number of carbonyl (C=O) groups excluding carboxylic acids is 1. The van der Waals surface area contributed by atoms with E-state index in [0.717, 1.165) is 0 Å². The largest absolute Gasteiger partial charge is 0.390 e. The lowest BCUT2D eigenvalue weighted by Gasteiger charge is -2.15. The topological polar surface area (TPSA) is 126 Å². The number of benzene rings is 1. The van der Waals surface area contributed by atoms with Crippen molar-refractivity contribution in [1.82, 2.24) is 14.7 Å². The summed E-state index contributed by atoms with van der Waals surface area (Å²) in [6.07, 6.45) is 2.46. The first-order chi connectivity index (χ1) is 11.8. The maximum Gasteiger partial charge on any atom is 0.323 e. The number of nitro groups is 1. The molecular weight excluding hydrogens is 328 g/mol. The fourth-order valence-corrected chi connectivity index (χ4v) is 2.21. The van der Waals surface area contributed by atoms with E-state index in [9.17, 15) is 20.0 Å². The molecule has 1 aromatic heterocycles. The van der Waals surface area contributed by atoms with Crippen molar-refractivity contribution >= 4 is 23.1 Å². The van der Waals surface area contributed by atoms with Gasteiger partial charge < -0.3 is 20.6 Å². The van der Waals surface area contributed by atoms with Crippen LogP contribution in [0, 0.1) is 10.1 Å². The van der Waals surface area contributed by atoms with Gasteiger partial charge in [0.1, 0.15) is 0 Å². The van der Waals surface area contributed by atoms with Crippen LogP contribution in [-0.4, -0.2) is 57.5 Å². The first-order valence-corrected chi connectivity index (χ1v) is 7.51. The zero-order valence-corrected chi connectivity index (χ0v) is 13.9. The smallest absolute Gasteiger partial charge is 0.323 e. The van der Waals surface area contributed by atoms with Crippen molar-refractivity contribution in [3.8, 4) is 0 Å². The zero-order valence-electron chi connectivity index (χ0n) is 13.9. The standard InChI is InChI=1S/C15H20N6O4/c1-19(2)9-14(22)10-20-8-12(7-16-20)18-15(23)17-11-4-3-5-13(6-11)21(24)25/h3-8,14,22H,9-10H2,1-2H3,(H2,17,18,23). The molecule has 0 saturated carbocycles. The fraction of sp³-hybridized carbons (Fsp3) is 0.333. The average molecular weight is 348 g/mol. The van der Waals surface area contributed by atoms with Crippen LogP contribution in [0.15, 0.2) is 36.7 Å². The zero-order chi connectivity index (χ0) is 18.4. The summed E-state index contributed by atoms with van der Waals surface area (Å²) >= 11 is 0. The van der Waals surface area contributed by atoms with Crippen LogP contribution < -0.4 is 10.6 Å². The van der Waals surface area contributed by atoms with Crippen molar-refractivity contribution in [2.75, 3.05) is 31.3 Å². The van der Waals surface area contributed by atoms with Gasteiger partial charge in [-0.15, -0.1) is 0 Å². The third-order valence-electron chi connectivity index (χ3n) is 3.18. The van der Waals surface area contributed by atoms with Gasteiger partial charge in [0.2, 0.25) is 0 Å². The summed E-state index contributed by atoms with van der Waals surface area (Å²) in [6.45, 7) is 0.794. The number of urea groups is 1. The molecule has 25 heavy (non-hydrogen) atoms. The third-order valence-corrected chi connectivity index (χ3v) is 3.18. The Labute approximate surface area is 144 Å². The van der Waals surface area contributed by atoms with Gasteiger partial charge in [-0.05, 0) is 20.2 Å². The lowest BCUT2D eigenvalue weighted by Crippen LogP contribution is -2.29. The number of carbonyl (C=O) groups is 1. The number of aliphatic hydroxyl groups is 1.